The number of carbonyl (C=O) groups excluding carboxylic acids is 1. The van der Waals surface area contributed by atoms with E-state index in [0.717, 1.165) is 30.4 Å². The Kier molecular flexibility index (Phi) is 4.77. The molecule has 0 unspecified atom stereocenters. The number of hydrogen-bond donors (Lipinski definition) is 3. The fourth-order valence-electron chi connectivity index (χ4n) is 2.67. The molecule has 1 aliphatic carbocycles. The van der Waals surface area contributed by atoms with Gasteiger partial charge in [-0.25, -0.2) is 9.59 Å². The third kappa shape index (κ3) is 3.71. The molecule has 2 amide bonds. The number of amides is 2. The summed E-state index contributed by atoms with van der Waals surface area (Å²) < 4.78 is 0. The van der Waals surface area contributed by atoms with E-state index < -0.39 is 17.5 Å². The normalized spacial score (nSPS) is 17.0. The van der Waals surface area contributed by atoms with Crippen LogP contribution in [0.2, 0.25) is 0 Å². The zero-order chi connectivity index (χ0) is 15.3. The lowest BCUT2D eigenvalue weighted by Gasteiger charge is -2.33. The number of aliphatic carboxylic acids is 1. The number of hydrogen-bond acceptors (Lipinski definition) is 3. The molecule has 0 radical (unpaired) electrons. The Balaban J connectivity index is 1.94. The summed E-state index contributed by atoms with van der Waals surface area (Å²) in [6.45, 7) is 2.28. The van der Waals surface area contributed by atoms with E-state index in [4.69, 9.17) is 0 Å². The molecule has 3 N–H and O–H groups in total. The van der Waals surface area contributed by atoms with E-state index in [-0.39, 0.29) is 0 Å². The maximum Gasteiger partial charge on any atom is 0.329 e. The van der Waals surface area contributed by atoms with Gasteiger partial charge in [0.05, 0.1) is 0 Å². The topological polar surface area (TPSA) is 91.3 Å². The van der Waals surface area contributed by atoms with Crippen molar-refractivity contribution >= 4 is 12.0 Å². The first-order valence-corrected chi connectivity index (χ1v) is 7.22. The minimum Gasteiger partial charge on any atom is -0.480 e. The van der Waals surface area contributed by atoms with Gasteiger partial charge in [0.1, 0.15) is 5.54 Å². The summed E-state index contributed by atoms with van der Waals surface area (Å²) in [5, 5.41) is 14.8. The van der Waals surface area contributed by atoms with Gasteiger partial charge >= 0.3 is 12.0 Å². The minimum atomic E-state index is -1.12. The molecule has 1 aromatic heterocycles. The van der Waals surface area contributed by atoms with E-state index in [1.165, 1.54) is 0 Å². The third-order valence-electron chi connectivity index (χ3n) is 4.06. The molecule has 114 valence electrons. The first-order chi connectivity index (χ1) is 10.0. The highest BCUT2D eigenvalue weighted by Gasteiger charge is 2.40. The molecule has 0 aliphatic heterocycles. The monoisotopic (exact) mass is 291 g/mol. The first kappa shape index (κ1) is 15.3. The van der Waals surface area contributed by atoms with Crippen LogP contribution < -0.4 is 10.6 Å². The molecular formula is C15H21N3O3. The lowest BCUT2D eigenvalue weighted by atomic mass is 9.82. The van der Waals surface area contributed by atoms with Crippen LogP contribution in [0.5, 0.6) is 0 Å². The van der Waals surface area contributed by atoms with E-state index in [9.17, 15) is 14.7 Å². The van der Waals surface area contributed by atoms with Crippen LogP contribution in [-0.2, 0) is 11.3 Å². The van der Waals surface area contributed by atoms with Crippen LogP contribution in [0.4, 0.5) is 4.79 Å². The van der Waals surface area contributed by atoms with Gasteiger partial charge in [-0.1, -0.05) is 19.3 Å². The number of aromatic nitrogens is 1. The van der Waals surface area contributed by atoms with E-state index >= 15 is 0 Å². The maximum atomic E-state index is 12.0. The fourth-order valence-corrected chi connectivity index (χ4v) is 2.67. The van der Waals surface area contributed by atoms with Gasteiger partial charge in [0.15, 0.2) is 0 Å². The second-order valence-corrected chi connectivity index (χ2v) is 5.56. The molecule has 1 aliphatic rings. The quantitative estimate of drug-likeness (QED) is 0.791. The number of nitrogens with one attached hydrogen (secondary N) is 2. The summed E-state index contributed by atoms with van der Waals surface area (Å²) in [7, 11) is 0. The lowest BCUT2D eigenvalue weighted by molar-refractivity contribution is -0.145. The van der Waals surface area contributed by atoms with Crippen molar-refractivity contribution in [1.82, 2.24) is 15.6 Å². The number of aryl methyl sites for hydroxylation is 1. The first-order valence-electron chi connectivity index (χ1n) is 7.22. The zero-order valence-electron chi connectivity index (χ0n) is 12.2. The number of urea groups is 1. The van der Waals surface area contributed by atoms with Crippen molar-refractivity contribution in [2.24, 2.45) is 0 Å². The molecule has 1 fully saturated rings. The molecule has 1 heterocycles. The highest BCUT2D eigenvalue weighted by atomic mass is 16.4. The molecule has 21 heavy (non-hydrogen) atoms. The van der Waals surface area contributed by atoms with E-state index in [2.05, 4.69) is 15.6 Å². The second kappa shape index (κ2) is 6.56. The Labute approximate surface area is 124 Å². The summed E-state index contributed by atoms with van der Waals surface area (Å²) in [5.41, 5.74) is 0.836. The van der Waals surface area contributed by atoms with Gasteiger partial charge in [0.25, 0.3) is 0 Å². The largest absolute Gasteiger partial charge is 0.480 e. The van der Waals surface area contributed by atoms with Crippen LogP contribution in [0.3, 0.4) is 0 Å². The van der Waals surface area contributed by atoms with Gasteiger partial charge in [-0.3, -0.25) is 4.98 Å². The van der Waals surface area contributed by atoms with Crippen molar-refractivity contribution in [2.75, 3.05) is 0 Å². The summed E-state index contributed by atoms with van der Waals surface area (Å²) in [6.07, 6.45) is 7.04. The summed E-state index contributed by atoms with van der Waals surface area (Å²) >= 11 is 0. The number of pyridine rings is 1. The molecule has 1 aromatic rings. The van der Waals surface area contributed by atoms with Crippen molar-refractivity contribution < 1.29 is 14.7 Å². The van der Waals surface area contributed by atoms with Crippen molar-refractivity contribution in [1.29, 1.82) is 0 Å². The molecule has 2 rings (SSSR count). The van der Waals surface area contributed by atoms with E-state index in [1.54, 1.807) is 12.4 Å². The second-order valence-electron chi connectivity index (χ2n) is 5.56. The average molecular weight is 291 g/mol. The highest BCUT2D eigenvalue weighted by molar-refractivity contribution is 5.86. The number of carboxylic acids is 1. The minimum absolute atomic E-state index is 0.335. The van der Waals surface area contributed by atoms with Crippen LogP contribution in [0.1, 0.15) is 43.2 Å². The standard InChI is InChI=1S/C15H21N3O3/c1-11-5-8-16-9-12(11)10-17-14(21)18-15(13(19)20)6-3-2-4-7-15/h5,8-9H,2-4,6-7,10H2,1H3,(H,19,20)(H2,17,18,21). The Morgan fingerprint density at radius 3 is 2.67 bits per heavy atom. The van der Waals surface area contributed by atoms with Crippen molar-refractivity contribution in [3.05, 3.63) is 29.6 Å². The maximum absolute atomic E-state index is 12.0. The highest BCUT2D eigenvalue weighted by Crippen LogP contribution is 2.28. The van der Waals surface area contributed by atoms with Gasteiger partial charge in [-0.15, -0.1) is 0 Å². The zero-order valence-corrected chi connectivity index (χ0v) is 12.2. The Morgan fingerprint density at radius 1 is 1.33 bits per heavy atom. The molecule has 0 atom stereocenters. The number of rotatable bonds is 4. The van der Waals surface area contributed by atoms with Crippen LogP contribution in [0, 0.1) is 6.92 Å². The van der Waals surface area contributed by atoms with Crippen LogP contribution in [0.15, 0.2) is 18.5 Å². The van der Waals surface area contributed by atoms with Crippen molar-refractivity contribution in [2.45, 2.75) is 51.1 Å². The molecular weight excluding hydrogens is 270 g/mol. The fraction of sp³-hybridized carbons (Fsp3) is 0.533. The molecule has 0 bridgehead atoms. The predicted molar refractivity (Wildman–Crippen MR) is 77.8 cm³/mol. The summed E-state index contributed by atoms with van der Waals surface area (Å²) in [6, 6.07) is 1.43. The van der Waals surface area contributed by atoms with Gasteiger partial charge in [-0.2, -0.15) is 0 Å². The number of carboxylic acid groups (broad SMARTS) is 1. The average Bonchev–Trinajstić information content (AvgIpc) is 2.47. The number of nitrogens with zero attached hydrogens (tertiary/aromatic N) is 1. The van der Waals surface area contributed by atoms with E-state index in [1.807, 2.05) is 13.0 Å². The Hall–Kier alpha value is -2.11. The molecule has 0 saturated heterocycles. The van der Waals surface area contributed by atoms with E-state index in [0.29, 0.717) is 19.4 Å². The summed E-state index contributed by atoms with van der Waals surface area (Å²) in [5.74, 6) is -0.949. The van der Waals surface area contributed by atoms with Crippen LogP contribution >= 0.6 is 0 Å². The molecule has 0 spiro atoms. The van der Waals surface area contributed by atoms with Crippen molar-refractivity contribution in [3.63, 3.8) is 0 Å². The SMILES string of the molecule is Cc1ccncc1CNC(=O)NC1(C(=O)O)CCCCC1. The molecule has 1 saturated carbocycles. The predicted octanol–water partition coefficient (Wildman–Crippen LogP) is 1.98. The Morgan fingerprint density at radius 2 is 2.05 bits per heavy atom. The third-order valence-corrected chi connectivity index (χ3v) is 4.06. The van der Waals surface area contributed by atoms with Crippen LogP contribution in [-0.4, -0.2) is 27.6 Å². The Bertz CT molecular complexity index is 525. The summed E-state index contributed by atoms with van der Waals surface area (Å²) in [4.78, 5) is 27.5. The van der Waals surface area contributed by atoms with Gasteiger partial charge in [0.2, 0.25) is 0 Å². The smallest absolute Gasteiger partial charge is 0.329 e. The molecule has 6 nitrogen and oxygen atoms in total. The molecule has 0 aromatic carbocycles. The van der Waals surface area contributed by atoms with Crippen LogP contribution in [0.25, 0.3) is 0 Å². The molecule has 6 heteroatoms. The number of carbonyl (C=O) groups is 2. The van der Waals surface area contributed by atoms with Crippen molar-refractivity contribution in [3.8, 4) is 0 Å². The van der Waals surface area contributed by atoms with Gasteiger partial charge in [0, 0.05) is 18.9 Å². The van der Waals surface area contributed by atoms with Gasteiger partial charge < -0.3 is 15.7 Å². The lowest BCUT2D eigenvalue weighted by Crippen LogP contribution is -2.57. The van der Waals surface area contributed by atoms with Gasteiger partial charge in [-0.05, 0) is 37.0 Å².